The van der Waals surface area contributed by atoms with E-state index in [1.54, 1.807) is 0 Å². The molecule has 182 valence electrons. The van der Waals surface area contributed by atoms with Crippen molar-refractivity contribution in [2.75, 3.05) is 11.4 Å². The van der Waals surface area contributed by atoms with Gasteiger partial charge in [0, 0.05) is 18.9 Å². The number of hydrogen-bond acceptors (Lipinski definition) is 3. The molecule has 1 aromatic carbocycles. The number of likely N-dealkylation sites (N-methyl/N-ethyl adjacent to an activating group) is 1. The van der Waals surface area contributed by atoms with Gasteiger partial charge in [-0.25, -0.2) is 14.2 Å². The van der Waals surface area contributed by atoms with Crippen LogP contribution in [0.5, 0.6) is 0 Å². The number of nitrogens with zero attached hydrogens (tertiary/aromatic N) is 3. The first-order valence-corrected chi connectivity index (χ1v) is 9.82. The smallest absolute Gasteiger partial charge is 0.312 e. The average molecular weight is 511 g/mol. The molecule has 34 heavy (non-hydrogen) atoms. The van der Waals surface area contributed by atoms with E-state index < -0.39 is 63.7 Å². The molecule has 0 radical (unpaired) electrons. The first kappa shape index (κ1) is 25.3. The lowest BCUT2D eigenvalue weighted by atomic mass is 9.97. The van der Waals surface area contributed by atoms with Crippen molar-refractivity contribution in [3.8, 4) is 5.69 Å². The summed E-state index contributed by atoms with van der Waals surface area (Å²) in [5.41, 5.74) is -6.04. The number of aromatic nitrogens is 3. The van der Waals surface area contributed by atoms with Gasteiger partial charge in [-0.05, 0) is 36.8 Å². The van der Waals surface area contributed by atoms with E-state index in [-0.39, 0.29) is 18.4 Å². The number of anilines is 1. The highest BCUT2D eigenvalue weighted by Crippen LogP contribution is 2.40. The molecule has 2 heterocycles. The van der Waals surface area contributed by atoms with Crippen LogP contribution in [-0.4, -0.2) is 27.0 Å². The maximum Gasteiger partial charge on any atom is 0.416 e. The summed E-state index contributed by atoms with van der Waals surface area (Å²) in [6.07, 6.45) is -9.55. The number of carbonyl (C=O) groups excluding carboxylic acids is 1. The number of benzene rings is 1. The highest BCUT2D eigenvalue weighted by atomic mass is 35.5. The monoisotopic (exact) mass is 510 g/mol. The van der Waals surface area contributed by atoms with Crippen molar-refractivity contribution in [2.45, 2.75) is 25.7 Å². The Morgan fingerprint density at radius 2 is 1.82 bits per heavy atom. The van der Waals surface area contributed by atoms with Crippen LogP contribution in [0.15, 0.2) is 41.5 Å². The summed E-state index contributed by atoms with van der Waals surface area (Å²) in [7, 11) is 0. The van der Waals surface area contributed by atoms with Crippen molar-refractivity contribution in [3.05, 3.63) is 74.8 Å². The van der Waals surface area contributed by atoms with Crippen molar-refractivity contribution in [1.29, 1.82) is 0 Å². The zero-order valence-corrected chi connectivity index (χ0v) is 17.8. The van der Waals surface area contributed by atoms with E-state index in [2.05, 4.69) is 9.97 Å². The Kier molecular flexibility index (Phi) is 6.78. The van der Waals surface area contributed by atoms with Gasteiger partial charge in [0.2, 0.25) is 5.91 Å². The highest BCUT2D eigenvalue weighted by Gasteiger charge is 2.40. The van der Waals surface area contributed by atoms with Crippen molar-refractivity contribution in [2.24, 2.45) is 0 Å². The largest absolute Gasteiger partial charge is 0.416 e. The number of amides is 1. The molecule has 3 aromatic rings. The van der Waals surface area contributed by atoms with Gasteiger partial charge in [0.25, 0.3) is 0 Å². The van der Waals surface area contributed by atoms with Gasteiger partial charge in [-0.3, -0.25) is 14.3 Å². The van der Waals surface area contributed by atoms with Crippen LogP contribution in [0.25, 0.3) is 5.69 Å². The third-order valence-electron chi connectivity index (χ3n) is 4.78. The van der Waals surface area contributed by atoms with Crippen LogP contribution in [-0.2, 0) is 23.6 Å². The Morgan fingerprint density at radius 3 is 2.32 bits per heavy atom. The van der Waals surface area contributed by atoms with Crippen LogP contribution in [0.2, 0.25) is 5.15 Å². The number of nitrogens with one attached hydrogen (secondary N) is 1. The fraction of sp³-hybridized carbons (Fsp3) is 0.250. The number of imidazole rings is 1. The molecule has 2 aromatic heterocycles. The normalized spacial score (nSPS) is 12.1. The molecular weight excluding hydrogens is 497 g/mol. The number of hydrogen-bond donors (Lipinski definition) is 1. The second-order valence-electron chi connectivity index (χ2n) is 6.91. The molecule has 0 saturated carbocycles. The lowest BCUT2D eigenvalue weighted by molar-refractivity contribution is -0.143. The van der Waals surface area contributed by atoms with Crippen LogP contribution in [0.1, 0.15) is 23.6 Å². The van der Waals surface area contributed by atoms with E-state index in [4.69, 9.17) is 11.6 Å². The number of pyridine rings is 1. The van der Waals surface area contributed by atoms with E-state index in [0.717, 1.165) is 29.4 Å². The van der Waals surface area contributed by atoms with Gasteiger partial charge in [-0.15, -0.1) is 0 Å². The second kappa shape index (κ2) is 9.12. The van der Waals surface area contributed by atoms with Crippen molar-refractivity contribution in [3.63, 3.8) is 0 Å². The Balaban J connectivity index is 2.21. The maximum absolute atomic E-state index is 13.8. The molecule has 14 heteroatoms. The third-order valence-corrected chi connectivity index (χ3v) is 5.04. The molecule has 0 aliphatic rings. The van der Waals surface area contributed by atoms with Gasteiger partial charge in [-0.1, -0.05) is 11.6 Å². The fourth-order valence-electron chi connectivity index (χ4n) is 3.25. The van der Waals surface area contributed by atoms with Crippen molar-refractivity contribution in [1.82, 2.24) is 14.5 Å². The van der Waals surface area contributed by atoms with Crippen molar-refractivity contribution >= 4 is 23.3 Å². The molecular formula is C20H14ClF7N4O2. The SMILES string of the molecule is CCN(C(=O)Cc1c(-n2cc[nH]c2=O)cc(C(F)(F)F)cc1C(F)(F)F)c1ccc(F)c(Cl)n1. The number of alkyl halides is 6. The van der Waals surface area contributed by atoms with Crippen LogP contribution in [0.3, 0.4) is 0 Å². The summed E-state index contributed by atoms with van der Waals surface area (Å²) in [6, 6.07) is 2.20. The molecule has 0 aliphatic heterocycles. The predicted molar refractivity (Wildman–Crippen MR) is 107 cm³/mol. The van der Waals surface area contributed by atoms with Gasteiger partial charge in [0.1, 0.15) is 5.82 Å². The molecule has 3 rings (SSSR count). The van der Waals surface area contributed by atoms with Crippen molar-refractivity contribution < 1.29 is 35.5 Å². The predicted octanol–water partition coefficient (Wildman–Crippen LogP) is 4.99. The lowest BCUT2D eigenvalue weighted by Gasteiger charge is -2.23. The Hall–Kier alpha value is -3.35. The highest BCUT2D eigenvalue weighted by molar-refractivity contribution is 6.29. The van der Waals surface area contributed by atoms with E-state index in [1.165, 1.54) is 6.92 Å². The molecule has 0 spiro atoms. The van der Waals surface area contributed by atoms with E-state index >= 15 is 0 Å². The van der Waals surface area contributed by atoms with Crippen LogP contribution >= 0.6 is 11.6 Å². The minimum Gasteiger partial charge on any atom is -0.312 e. The van der Waals surface area contributed by atoms with E-state index in [1.807, 2.05) is 0 Å². The third kappa shape index (κ3) is 5.08. The average Bonchev–Trinajstić information content (AvgIpc) is 3.15. The summed E-state index contributed by atoms with van der Waals surface area (Å²) in [5.74, 6) is -2.09. The Morgan fingerprint density at radius 1 is 1.15 bits per heavy atom. The topological polar surface area (TPSA) is 71.0 Å². The zero-order chi connectivity index (χ0) is 25.4. The Bertz CT molecular complexity index is 1280. The summed E-state index contributed by atoms with van der Waals surface area (Å²) in [6.45, 7) is 1.32. The van der Waals surface area contributed by atoms with Crippen LogP contribution < -0.4 is 10.6 Å². The number of carbonyl (C=O) groups is 1. The van der Waals surface area contributed by atoms with Gasteiger partial charge >= 0.3 is 18.0 Å². The number of rotatable bonds is 5. The molecule has 1 amide bonds. The molecule has 0 bridgehead atoms. The van der Waals surface area contributed by atoms with Gasteiger partial charge in [0.15, 0.2) is 11.0 Å². The molecule has 1 N–H and O–H groups in total. The zero-order valence-electron chi connectivity index (χ0n) is 17.1. The van der Waals surface area contributed by atoms with Gasteiger partial charge in [-0.2, -0.15) is 26.3 Å². The molecule has 0 atom stereocenters. The molecule has 6 nitrogen and oxygen atoms in total. The summed E-state index contributed by atoms with van der Waals surface area (Å²) < 4.78 is 95.5. The summed E-state index contributed by atoms with van der Waals surface area (Å²) in [5, 5.41) is -0.589. The molecule has 0 aliphatic carbocycles. The number of H-pyrrole nitrogens is 1. The van der Waals surface area contributed by atoms with Gasteiger partial charge in [0.05, 0.1) is 23.2 Å². The first-order valence-electron chi connectivity index (χ1n) is 9.44. The Labute approximate surface area is 191 Å². The maximum atomic E-state index is 13.8. The van der Waals surface area contributed by atoms with Crippen LogP contribution in [0.4, 0.5) is 36.6 Å². The lowest BCUT2D eigenvalue weighted by Crippen LogP contribution is -2.34. The number of halogens is 8. The molecule has 0 fully saturated rings. The van der Waals surface area contributed by atoms with Gasteiger partial charge < -0.3 is 4.98 Å². The van der Waals surface area contributed by atoms with E-state index in [9.17, 15) is 40.3 Å². The number of aromatic amines is 1. The molecule has 0 saturated heterocycles. The first-order chi connectivity index (χ1) is 15.7. The van der Waals surface area contributed by atoms with Crippen LogP contribution in [0, 0.1) is 5.82 Å². The minimum atomic E-state index is -5.29. The fourth-order valence-corrected chi connectivity index (χ4v) is 3.40. The standard InChI is InChI=1S/C20H14ClF7N4O2/c1-2-31(15-4-3-13(22)17(21)30-15)16(33)9-11-12(20(26,27)28)7-10(19(23,24)25)8-14(11)32-6-5-29-18(32)34/h3-8H,2,9H2,1H3,(H,29,34). The quantitative estimate of drug-likeness (QED) is 0.388. The van der Waals surface area contributed by atoms with E-state index in [0.29, 0.717) is 10.6 Å². The minimum absolute atomic E-state index is 0.118. The second-order valence-corrected chi connectivity index (χ2v) is 7.27. The summed E-state index contributed by atoms with van der Waals surface area (Å²) in [4.78, 5) is 31.7. The molecule has 0 unspecified atom stereocenters. The summed E-state index contributed by atoms with van der Waals surface area (Å²) >= 11 is 5.61.